The van der Waals surface area contributed by atoms with Crippen molar-refractivity contribution in [2.75, 3.05) is 52.5 Å². The molecule has 1 fully saturated rings. The van der Waals surface area contributed by atoms with Crippen molar-refractivity contribution in [1.29, 1.82) is 0 Å². The van der Waals surface area contributed by atoms with Crippen LogP contribution in [-0.4, -0.2) is 291 Å². The smallest absolute Gasteiger partial charge is 0.490 e. The zero-order valence-corrected chi connectivity index (χ0v) is 69.5. The van der Waals surface area contributed by atoms with E-state index in [0.717, 1.165) is 4.90 Å². The zero-order valence-electron chi connectivity index (χ0n) is 69.5. The van der Waals surface area contributed by atoms with Gasteiger partial charge in [-0.05, 0) is 145 Å². The first-order chi connectivity index (χ1) is 57.2. The first-order valence-electron chi connectivity index (χ1n) is 39.8. The molecule has 0 aliphatic carbocycles. The number of likely N-dealkylation sites (tertiary alicyclic amines) is 1. The van der Waals surface area contributed by atoms with Crippen LogP contribution in [0.3, 0.4) is 0 Å². The summed E-state index contributed by atoms with van der Waals surface area (Å²) < 4.78 is 31.7. The lowest BCUT2D eigenvalue weighted by atomic mass is 9.98. The number of nitrogens with zero attached hydrogens (tertiary/aromatic N) is 3. The second-order valence-electron chi connectivity index (χ2n) is 29.8. The summed E-state index contributed by atoms with van der Waals surface area (Å²) >= 11 is 0. The van der Waals surface area contributed by atoms with Gasteiger partial charge in [-0.25, -0.2) is 9.59 Å². The number of unbranched alkanes of at least 4 members (excludes halogenated alkanes) is 2. The van der Waals surface area contributed by atoms with Crippen molar-refractivity contribution in [2.45, 2.75) is 248 Å². The van der Waals surface area contributed by atoms with Crippen LogP contribution in [0.15, 0.2) is 34.3 Å². The van der Waals surface area contributed by atoms with Crippen molar-refractivity contribution in [3.8, 4) is 5.75 Å². The highest BCUT2D eigenvalue weighted by Crippen LogP contribution is 2.23. The van der Waals surface area contributed by atoms with Crippen LogP contribution in [0.25, 0.3) is 0 Å². The standard InChI is InChI=1S/C72H124N22O21.C2HF3O2/c1-8-39(6)56(70(114)115)92-62(106)45(18-10-12-28-74)85-63(107)48(32-37(2)3)88-66(110)52-20-15-31-94(52)69(113)47(25-26-54(100)101)87-64(108)49(33-41-21-23-42(98)24-22-41)89-67(111)55(38(4)5)91-65(109)51(36-96)83-53(99)34-82-59(103)50(35-95)90-61(105)46(19-14-30-81-72(78)79)84-60(104)44(17-9-11-27-73)86-68(112)57(40(7)97)93-58(102)43(75)16-13-29-80-71(76)77;3-2(4,5)1(6)7/h21-24,37-40,43-52,55-57,95-98H,8-20,25-36,73-75H2,1-7H3,(H,82,103)(H,83,99)(H,84,104)(H,85,107)(H,86,112)(H,87,108)(H,88,110)(H,89,111)(H,90,105)(H,91,109)(H,92,106)(H,93,102)(H,100,101)(H,114,115)(H4,76,77,80)(H4,78,79,81);(H,6,7)/t39-,40+,43-,44-,45-,46-,47-,48-,49-,50-,51-,52-,55-,56-,57-;/m0./s1. The van der Waals surface area contributed by atoms with Crippen molar-refractivity contribution in [3.63, 3.8) is 0 Å². The van der Waals surface area contributed by atoms with E-state index >= 15 is 0 Å². The Morgan fingerprint density at radius 3 is 1.43 bits per heavy atom. The number of phenols is 1. The van der Waals surface area contributed by atoms with Crippen LogP contribution in [0.4, 0.5) is 13.2 Å². The molecule has 1 aliphatic heterocycles. The van der Waals surface area contributed by atoms with Crippen LogP contribution in [0.5, 0.6) is 5.75 Å². The number of hydrogen-bond acceptors (Lipinski definition) is 25. The van der Waals surface area contributed by atoms with Gasteiger partial charge in [0.2, 0.25) is 76.8 Å². The number of hydrogen-bond donors (Lipinski definition) is 26. The molecule has 2 rings (SSSR count). The Kier molecular flexibility index (Phi) is 50.1. The molecule has 45 nitrogen and oxygen atoms in total. The number of aliphatic hydroxyl groups is 3. The Morgan fingerprint density at radius 2 is 0.959 bits per heavy atom. The summed E-state index contributed by atoms with van der Waals surface area (Å²) in [7, 11) is 0. The van der Waals surface area contributed by atoms with Gasteiger partial charge < -0.3 is 145 Å². The lowest BCUT2D eigenvalue weighted by Gasteiger charge is -2.31. The van der Waals surface area contributed by atoms with Gasteiger partial charge in [0.15, 0.2) is 11.9 Å². The highest BCUT2D eigenvalue weighted by Gasteiger charge is 2.43. The summed E-state index contributed by atoms with van der Waals surface area (Å²) in [6.07, 6.45) is -5.91. The Balaban J connectivity index is 0.0000101. The highest BCUT2D eigenvalue weighted by molar-refractivity contribution is 6.00. The molecule has 1 aliphatic rings. The van der Waals surface area contributed by atoms with Gasteiger partial charge in [0, 0.05) is 32.5 Å². The van der Waals surface area contributed by atoms with Gasteiger partial charge in [-0.2, -0.15) is 13.2 Å². The van der Waals surface area contributed by atoms with Gasteiger partial charge in [-0.1, -0.05) is 60.1 Å². The minimum atomic E-state index is -5.08. The number of aliphatic imine (C=N–C) groups is 2. The van der Waals surface area contributed by atoms with Crippen LogP contribution in [0, 0.1) is 17.8 Å². The fourth-order valence-corrected chi connectivity index (χ4v) is 12.0. The van der Waals surface area contributed by atoms with E-state index in [1.54, 1.807) is 27.7 Å². The predicted octanol–water partition coefficient (Wildman–Crippen LogP) is -7.24. The van der Waals surface area contributed by atoms with Gasteiger partial charge >= 0.3 is 24.1 Å². The lowest BCUT2D eigenvalue weighted by molar-refractivity contribution is -0.192. The van der Waals surface area contributed by atoms with Crippen molar-refractivity contribution in [2.24, 2.45) is 67.9 Å². The number of aromatic hydroxyl groups is 1. The van der Waals surface area contributed by atoms with E-state index in [-0.39, 0.29) is 127 Å². The quantitative estimate of drug-likeness (QED) is 0.0164. The van der Waals surface area contributed by atoms with Crippen molar-refractivity contribution in [1.82, 2.24) is 68.7 Å². The average Bonchev–Trinajstić information content (AvgIpc) is 1.70. The molecule has 0 spiro atoms. The van der Waals surface area contributed by atoms with Gasteiger partial charge in [0.1, 0.15) is 78.3 Å². The third kappa shape index (κ3) is 41.3. The second-order valence-corrected chi connectivity index (χ2v) is 29.8. The molecule has 0 radical (unpaired) electrons. The number of aliphatic carboxylic acids is 3. The largest absolute Gasteiger partial charge is 0.508 e. The number of carbonyl (C=O) groups excluding carboxylic acids is 13. The molecule has 0 bridgehead atoms. The van der Waals surface area contributed by atoms with Crippen LogP contribution < -0.4 is 104 Å². The third-order valence-electron chi connectivity index (χ3n) is 18.9. The molecule has 15 atom stereocenters. The normalized spacial score (nSPS) is 15.9. The topological polar surface area (TPSA) is 769 Å². The predicted molar refractivity (Wildman–Crippen MR) is 432 cm³/mol. The Labute approximate surface area is 702 Å². The molecule has 0 saturated carbocycles. The monoisotopic (exact) mass is 1750 g/mol. The van der Waals surface area contributed by atoms with Crippen molar-refractivity contribution >= 4 is 107 Å². The molecular weight excluding hydrogens is 1620 g/mol. The maximum absolute atomic E-state index is 14.8. The molecule has 0 unspecified atom stereocenters. The van der Waals surface area contributed by atoms with E-state index < -0.39 is 230 Å². The molecule has 1 aromatic carbocycles. The number of carboxylic acid groups (broad SMARTS) is 3. The van der Waals surface area contributed by atoms with Gasteiger partial charge in [0.05, 0.1) is 31.9 Å². The number of guanidine groups is 2. The summed E-state index contributed by atoms with van der Waals surface area (Å²) in [5, 5.41) is 97.8. The molecule has 33 N–H and O–H groups in total. The summed E-state index contributed by atoms with van der Waals surface area (Å²) in [5.74, 6) is -20.4. The Bertz CT molecular complexity index is 3670. The number of nitrogens with one attached hydrogen (secondary N) is 12. The molecule has 0 aromatic heterocycles. The van der Waals surface area contributed by atoms with Gasteiger partial charge in [-0.15, -0.1) is 0 Å². The van der Waals surface area contributed by atoms with Crippen LogP contribution in [0.1, 0.15) is 157 Å². The molecule has 1 aromatic rings. The molecular formula is C74H125F3N22O23. The summed E-state index contributed by atoms with van der Waals surface area (Å²) in [5.41, 5.74) is 39.4. The Morgan fingerprint density at radius 1 is 0.525 bits per heavy atom. The molecule has 122 heavy (non-hydrogen) atoms. The summed E-state index contributed by atoms with van der Waals surface area (Å²) in [4.78, 5) is 224. The first-order valence-corrected chi connectivity index (χ1v) is 39.8. The van der Waals surface area contributed by atoms with E-state index in [1.165, 1.54) is 45.0 Å². The molecule has 690 valence electrons. The number of carboxylic acids is 3. The van der Waals surface area contributed by atoms with Gasteiger partial charge in [0.25, 0.3) is 0 Å². The van der Waals surface area contributed by atoms with E-state index in [4.69, 9.17) is 50.0 Å². The maximum atomic E-state index is 14.8. The second kappa shape index (κ2) is 56.3. The van der Waals surface area contributed by atoms with E-state index in [1.807, 2.05) is 0 Å². The first kappa shape index (κ1) is 109. The fraction of sp³-hybridized carbons (Fsp3) is 0.676. The third-order valence-corrected chi connectivity index (χ3v) is 18.9. The van der Waals surface area contributed by atoms with E-state index in [0.29, 0.717) is 31.2 Å². The summed E-state index contributed by atoms with van der Waals surface area (Å²) in [6.45, 7) is 8.35. The fourth-order valence-electron chi connectivity index (χ4n) is 12.0. The van der Waals surface area contributed by atoms with Crippen LogP contribution >= 0.6 is 0 Å². The SMILES string of the molecule is CC[C@H](C)[C@H](NC(=O)[C@H](CCCCN)NC(=O)[C@H](CC(C)C)NC(=O)[C@@H]1CCCN1C(=O)[C@H](CCC(=O)O)NC(=O)[C@H](Cc1ccc(O)cc1)NC(=O)[C@@H](NC(=O)[C@H](CO)NC(=O)CNC(=O)[C@H](CO)NC(=O)[C@H](CCCN=C(N)N)NC(=O)[C@H](CCCCN)NC(=O)[C@@H](NC(=O)[C@@H](N)CCCN=C(N)N)[C@@H](C)O)C(C)C)C(=O)O.O=C(O)C(F)(F)F. The Hall–Kier alpha value is -11.4. The number of alkyl halides is 3. The average molecular weight is 1750 g/mol. The maximum Gasteiger partial charge on any atom is 0.490 e. The molecule has 1 saturated heterocycles. The minimum absolute atomic E-state index is 0.0202. The number of nitrogens with two attached hydrogens (primary N) is 7. The number of phenolic OH excluding ortho intramolecular Hbond substituents is 1. The van der Waals surface area contributed by atoms with E-state index in [2.05, 4.69) is 73.8 Å². The number of benzene rings is 1. The number of aliphatic hydroxyl groups excluding tert-OH is 3. The molecule has 1 heterocycles. The van der Waals surface area contributed by atoms with Crippen LogP contribution in [0.2, 0.25) is 0 Å². The number of rotatable bonds is 55. The molecule has 13 amide bonds. The van der Waals surface area contributed by atoms with E-state index in [9.17, 15) is 116 Å². The van der Waals surface area contributed by atoms with Crippen molar-refractivity contribution in [3.05, 3.63) is 29.8 Å². The van der Waals surface area contributed by atoms with Crippen LogP contribution in [-0.2, 0) is 83.1 Å². The highest BCUT2D eigenvalue weighted by atomic mass is 19.4. The van der Waals surface area contributed by atoms with Gasteiger partial charge in [-0.3, -0.25) is 77.1 Å². The number of carbonyl (C=O) groups is 16. The number of amides is 13. The molecule has 48 heteroatoms. The minimum Gasteiger partial charge on any atom is -0.508 e. The zero-order chi connectivity index (χ0) is 92.8. The number of halogens is 3. The lowest BCUT2D eigenvalue weighted by Crippen LogP contribution is -2.61. The van der Waals surface area contributed by atoms with Crippen molar-refractivity contribution < 1.29 is 126 Å². The summed E-state index contributed by atoms with van der Waals surface area (Å²) in [6, 6.07) is -14.1.